The predicted molar refractivity (Wildman–Crippen MR) is 182 cm³/mol. The molecule has 1 aliphatic carbocycles. The van der Waals surface area contributed by atoms with Crippen molar-refractivity contribution in [3.8, 4) is 22.3 Å². The molecule has 0 aromatic heterocycles. The molecule has 2 atom stereocenters. The Labute approximate surface area is 254 Å². The molecule has 1 aliphatic rings. The Bertz CT molecular complexity index is 1940. The number of fused-ring (bicyclic) bond motifs is 4. The largest absolute Gasteiger partial charge is 0.312 e. The molecule has 6 aromatic carbocycles. The normalized spacial score (nSPS) is 14.9. The molecule has 6 aromatic rings. The van der Waals surface area contributed by atoms with Gasteiger partial charge in [0.25, 0.3) is 0 Å². The van der Waals surface area contributed by atoms with Gasteiger partial charge in [-0.25, -0.2) is 0 Å². The molecule has 3 N–H and O–H groups in total. The first-order valence-corrected chi connectivity index (χ1v) is 15.1. The van der Waals surface area contributed by atoms with Crippen LogP contribution in [-0.4, -0.2) is 0 Å². The molecule has 0 saturated heterocycles. The summed E-state index contributed by atoms with van der Waals surface area (Å²) in [5.74, 6) is 0. The molecule has 0 heterocycles. The standard InChI is InChI=1S/C41H36N2/c1-41(2)36-23-13-20-29(39(36)35-26-31-18-9-10-19-32(31)27-37(35)41)24-25-38(43-40(42)30-16-7-4-8-17-30)34-22-12-11-21-33(34)28-14-5-3-6-15-28/h3-27,38,40,43H,42H2,1-2H3/b25-24+. The Balaban J connectivity index is 1.35. The van der Waals surface area contributed by atoms with E-state index in [-0.39, 0.29) is 17.6 Å². The van der Waals surface area contributed by atoms with Gasteiger partial charge < -0.3 is 5.73 Å². The maximum Gasteiger partial charge on any atom is 0.0817 e. The van der Waals surface area contributed by atoms with Gasteiger partial charge in [0, 0.05) is 5.41 Å². The van der Waals surface area contributed by atoms with E-state index in [4.69, 9.17) is 5.73 Å². The lowest BCUT2D eigenvalue weighted by atomic mass is 9.81. The number of hydrogen-bond acceptors (Lipinski definition) is 2. The molecule has 0 spiro atoms. The van der Waals surface area contributed by atoms with Crippen LogP contribution in [0, 0.1) is 0 Å². The van der Waals surface area contributed by atoms with E-state index in [9.17, 15) is 0 Å². The molecule has 0 saturated carbocycles. The number of hydrogen-bond donors (Lipinski definition) is 2. The minimum Gasteiger partial charge on any atom is -0.312 e. The molecular weight excluding hydrogens is 520 g/mol. The van der Waals surface area contributed by atoms with E-state index < -0.39 is 0 Å². The summed E-state index contributed by atoms with van der Waals surface area (Å²) in [5.41, 5.74) is 18.0. The van der Waals surface area contributed by atoms with Gasteiger partial charge in [-0.2, -0.15) is 0 Å². The van der Waals surface area contributed by atoms with Gasteiger partial charge in [0.1, 0.15) is 0 Å². The first-order chi connectivity index (χ1) is 21.0. The van der Waals surface area contributed by atoms with E-state index >= 15 is 0 Å². The third-order valence-electron chi connectivity index (χ3n) is 8.97. The third kappa shape index (κ3) is 4.99. The average molecular weight is 557 g/mol. The van der Waals surface area contributed by atoms with Gasteiger partial charge in [-0.05, 0) is 73.0 Å². The first-order valence-electron chi connectivity index (χ1n) is 15.1. The van der Waals surface area contributed by atoms with Crippen LogP contribution in [0.2, 0.25) is 0 Å². The Kier molecular flexibility index (Phi) is 7.02. The van der Waals surface area contributed by atoms with Gasteiger partial charge >= 0.3 is 0 Å². The lowest BCUT2D eigenvalue weighted by Crippen LogP contribution is -2.31. The van der Waals surface area contributed by atoms with Crippen LogP contribution in [0.5, 0.6) is 0 Å². The Hall–Kier alpha value is -4.76. The third-order valence-corrected chi connectivity index (χ3v) is 8.97. The maximum absolute atomic E-state index is 6.79. The fourth-order valence-corrected chi connectivity index (χ4v) is 6.69. The lowest BCUT2D eigenvalue weighted by molar-refractivity contribution is 0.510. The number of nitrogens with one attached hydrogen (secondary N) is 1. The second kappa shape index (κ2) is 11.1. The van der Waals surface area contributed by atoms with Crippen molar-refractivity contribution in [1.29, 1.82) is 0 Å². The van der Waals surface area contributed by atoms with Crippen LogP contribution >= 0.6 is 0 Å². The summed E-state index contributed by atoms with van der Waals surface area (Å²) in [5, 5.41) is 6.31. The smallest absolute Gasteiger partial charge is 0.0817 e. The van der Waals surface area contributed by atoms with Gasteiger partial charge in [-0.1, -0.05) is 153 Å². The van der Waals surface area contributed by atoms with Crippen molar-refractivity contribution < 1.29 is 0 Å². The van der Waals surface area contributed by atoms with Crippen LogP contribution in [0.15, 0.2) is 146 Å². The fourth-order valence-electron chi connectivity index (χ4n) is 6.69. The summed E-state index contributed by atoms with van der Waals surface area (Å²) in [6.45, 7) is 4.69. The highest BCUT2D eigenvalue weighted by atomic mass is 15.0. The maximum atomic E-state index is 6.79. The zero-order chi connectivity index (χ0) is 29.4. The van der Waals surface area contributed by atoms with Gasteiger partial charge in [0.05, 0.1) is 12.2 Å². The summed E-state index contributed by atoms with van der Waals surface area (Å²) < 4.78 is 0. The van der Waals surface area contributed by atoms with Crippen molar-refractivity contribution in [3.63, 3.8) is 0 Å². The second-order valence-corrected chi connectivity index (χ2v) is 12.0. The summed E-state index contributed by atoms with van der Waals surface area (Å²) in [6.07, 6.45) is 4.25. The summed E-state index contributed by atoms with van der Waals surface area (Å²) in [6, 6.07) is 49.5. The van der Waals surface area contributed by atoms with E-state index in [2.05, 4.69) is 153 Å². The molecule has 0 aliphatic heterocycles. The lowest BCUT2D eigenvalue weighted by Gasteiger charge is -2.24. The molecule has 2 unspecified atom stereocenters. The SMILES string of the molecule is CC1(C)c2cc3ccccc3cc2-c2c(/C=C/C(NC(N)c3ccccc3)c3ccccc3-c3ccccc3)cccc21. The van der Waals surface area contributed by atoms with E-state index in [0.29, 0.717) is 0 Å². The average Bonchev–Trinajstić information content (AvgIpc) is 3.28. The van der Waals surface area contributed by atoms with Crippen LogP contribution < -0.4 is 11.1 Å². The molecule has 0 bridgehead atoms. The monoisotopic (exact) mass is 556 g/mol. The molecule has 0 radical (unpaired) electrons. The van der Waals surface area contributed by atoms with Crippen LogP contribution in [0.25, 0.3) is 39.1 Å². The van der Waals surface area contributed by atoms with Crippen molar-refractivity contribution in [3.05, 3.63) is 173 Å². The van der Waals surface area contributed by atoms with Crippen molar-refractivity contribution in [1.82, 2.24) is 5.32 Å². The zero-order valence-electron chi connectivity index (χ0n) is 24.7. The van der Waals surface area contributed by atoms with Crippen molar-refractivity contribution in [2.24, 2.45) is 5.73 Å². The molecule has 0 amide bonds. The van der Waals surface area contributed by atoms with Crippen LogP contribution in [0.4, 0.5) is 0 Å². The minimum absolute atomic E-state index is 0.0776. The number of benzene rings is 6. The van der Waals surface area contributed by atoms with E-state index in [1.807, 2.05) is 18.2 Å². The van der Waals surface area contributed by atoms with Gasteiger partial charge in [0.2, 0.25) is 0 Å². The Morgan fingerprint density at radius 3 is 2.05 bits per heavy atom. The number of nitrogens with two attached hydrogens (primary N) is 1. The van der Waals surface area contributed by atoms with E-state index in [0.717, 1.165) is 5.56 Å². The van der Waals surface area contributed by atoms with E-state index in [1.165, 1.54) is 55.3 Å². The molecule has 7 rings (SSSR count). The van der Waals surface area contributed by atoms with Gasteiger partial charge in [-0.3, -0.25) is 5.32 Å². The van der Waals surface area contributed by atoms with Crippen molar-refractivity contribution in [2.45, 2.75) is 31.5 Å². The number of rotatable bonds is 7. The molecule has 2 heteroatoms. The summed E-state index contributed by atoms with van der Waals surface area (Å²) in [7, 11) is 0. The van der Waals surface area contributed by atoms with E-state index in [1.54, 1.807) is 0 Å². The zero-order valence-corrected chi connectivity index (χ0v) is 24.7. The first kappa shape index (κ1) is 27.1. The highest BCUT2D eigenvalue weighted by Gasteiger charge is 2.36. The highest BCUT2D eigenvalue weighted by Crippen LogP contribution is 2.51. The minimum atomic E-state index is -0.327. The molecule has 43 heavy (non-hydrogen) atoms. The molecule has 0 fully saturated rings. The Morgan fingerprint density at radius 2 is 1.28 bits per heavy atom. The molecule has 2 nitrogen and oxygen atoms in total. The van der Waals surface area contributed by atoms with Crippen LogP contribution in [0.3, 0.4) is 0 Å². The quantitative estimate of drug-likeness (QED) is 0.192. The predicted octanol–water partition coefficient (Wildman–Crippen LogP) is 9.81. The van der Waals surface area contributed by atoms with Crippen LogP contribution in [-0.2, 0) is 5.41 Å². The molecular formula is C41H36N2. The summed E-state index contributed by atoms with van der Waals surface area (Å²) >= 11 is 0. The summed E-state index contributed by atoms with van der Waals surface area (Å²) in [4.78, 5) is 0. The van der Waals surface area contributed by atoms with Crippen LogP contribution in [0.1, 0.15) is 53.9 Å². The van der Waals surface area contributed by atoms with Crippen molar-refractivity contribution in [2.75, 3.05) is 0 Å². The topological polar surface area (TPSA) is 38.0 Å². The fraction of sp³-hybridized carbons (Fsp3) is 0.122. The highest BCUT2D eigenvalue weighted by molar-refractivity contribution is 5.95. The van der Waals surface area contributed by atoms with Crippen molar-refractivity contribution >= 4 is 16.8 Å². The van der Waals surface area contributed by atoms with Gasteiger partial charge in [0.15, 0.2) is 0 Å². The Morgan fingerprint density at radius 1 is 0.628 bits per heavy atom. The van der Waals surface area contributed by atoms with Gasteiger partial charge in [-0.15, -0.1) is 0 Å². The second-order valence-electron chi connectivity index (χ2n) is 12.0. The molecule has 210 valence electrons.